The highest BCUT2D eigenvalue weighted by molar-refractivity contribution is 7.09. The highest BCUT2D eigenvalue weighted by atomic mass is 32.1. The van der Waals surface area contributed by atoms with Crippen molar-refractivity contribution in [2.45, 2.75) is 19.3 Å². The fraction of sp³-hybridized carbons (Fsp3) is 0.429. The third-order valence-electron chi connectivity index (χ3n) is 1.26. The van der Waals surface area contributed by atoms with Gasteiger partial charge in [-0.3, -0.25) is 4.79 Å². The number of carbonyl (C=O) groups is 1. The van der Waals surface area contributed by atoms with Crippen LogP contribution in [0, 0.1) is 0 Å². The molecule has 0 atom stereocenters. The molecule has 0 saturated carbocycles. The molecule has 0 aromatic carbocycles. The summed E-state index contributed by atoms with van der Waals surface area (Å²) >= 11 is 1.57. The number of carboxylic acids is 1. The molecule has 0 bridgehead atoms. The quantitative estimate of drug-likeness (QED) is 0.747. The Kier molecular flexibility index (Phi) is 3.04. The molecule has 0 aliphatic carbocycles. The Morgan fingerprint density at radius 2 is 2.55 bits per heavy atom. The van der Waals surface area contributed by atoms with E-state index >= 15 is 0 Å². The molecule has 0 unspecified atom stereocenters. The molecule has 0 aliphatic rings. The van der Waals surface area contributed by atoms with Gasteiger partial charge in [-0.05, 0) is 12.8 Å². The minimum absolute atomic E-state index is 0.236. The first-order chi connectivity index (χ1) is 5.29. The van der Waals surface area contributed by atoms with Crippen LogP contribution in [0.15, 0.2) is 11.6 Å². The van der Waals surface area contributed by atoms with Gasteiger partial charge in [-0.1, -0.05) is 0 Å². The SMILES string of the molecule is O=C(O)CCCc1nccs1. The molecule has 60 valence electrons. The van der Waals surface area contributed by atoms with E-state index in [0.717, 1.165) is 11.4 Å². The summed E-state index contributed by atoms with van der Waals surface area (Å²) < 4.78 is 0. The fourth-order valence-electron chi connectivity index (χ4n) is 0.767. The van der Waals surface area contributed by atoms with Crippen molar-refractivity contribution in [3.8, 4) is 0 Å². The average molecular weight is 171 g/mol. The van der Waals surface area contributed by atoms with E-state index in [4.69, 9.17) is 5.11 Å². The third-order valence-corrected chi connectivity index (χ3v) is 2.10. The lowest BCUT2D eigenvalue weighted by atomic mass is 10.2. The van der Waals surface area contributed by atoms with Gasteiger partial charge in [0, 0.05) is 18.0 Å². The van der Waals surface area contributed by atoms with Crippen molar-refractivity contribution in [1.82, 2.24) is 4.98 Å². The van der Waals surface area contributed by atoms with Crippen LogP contribution in [0.4, 0.5) is 0 Å². The molecule has 0 spiro atoms. The number of carboxylic acid groups (broad SMARTS) is 1. The molecule has 0 radical (unpaired) electrons. The summed E-state index contributed by atoms with van der Waals surface area (Å²) in [5, 5.41) is 11.2. The number of rotatable bonds is 4. The molecule has 0 aliphatic heterocycles. The summed E-state index contributed by atoms with van der Waals surface area (Å²) in [6, 6.07) is 0. The summed E-state index contributed by atoms with van der Waals surface area (Å²) in [5.74, 6) is -0.735. The van der Waals surface area contributed by atoms with Gasteiger partial charge in [0.15, 0.2) is 0 Å². The predicted octanol–water partition coefficient (Wildman–Crippen LogP) is 1.55. The second-order valence-electron chi connectivity index (χ2n) is 2.17. The Labute approximate surface area is 68.7 Å². The predicted molar refractivity (Wildman–Crippen MR) is 42.7 cm³/mol. The van der Waals surface area contributed by atoms with Crippen molar-refractivity contribution in [3.63, 3.8) is 0 Å². The van der Waals surface area contributed by atoms with Crippen LogP contribution >= 0.6 is 11.3 Å². The maximum Gasteiger partial charge on any atom is 0.303 e. The summed E-state index contributed by atoms with van der Waals surface area (Å²) in [5.41, 5.74) is 0. The van der Waals surface area contributed by atoms with Gasteiger partial charge in [-0.15, -0.1) is 11.3 Å². The van der Waals surface area contributed by atoms with Crippen LogP contribution in [0.25, 0.3) is 0 Å². The van der Waals surface area contributed by atoms with Crippen LogP contribution < -0.4 is 0 Å². The first-order valence-corrected chi connectivity index (χ1v) is 4.27. The zero-order valence-corrected chi connectivity index (χ0v) is 6.80. The lowest BCUT2D eigenvalue weighted by Gasteiger charge is -1.91. The molecule has 3 nitrogen and oxygen atoms in total. The van der Waals surface area contributed by atoms with Crippen molar-refractivity contribution in [2.75, 3.05) is 0 Å². The van der Waals surface area contributed by atoms with Gasteiger partial charge in [0.05, 0.1) is 5.01 Å². The second-order valence-corrected chi connectivity index (χ2v) is 3.15. The zero-order valence-electron chi connectivity index (χ0n) is 5.99. The van der Waals surface area contributed by atoms with Gasteiger partial charge in [0.2, 0.25) is 0 Å². The summed E-state index contributed by atoms with van der Waals surface area (Å²) in [7, 11) is 0. The Morgan fingerprint density at radius 3 is 3.09 bits per heavy atom. The van der Waals surface area contributed by atoms with Crippen LogP contribution in [0.1, 0.15) is 17.8 Å². The van der Waals surface area contributed by atoms with E-state index in [2.05, 4.69) is 4.98 Å². The zero-order chi connectivity index (χ0) is 8.10. The van der Waals surface area contributed by atoms with Crippen molar-refractivity contribution >= 4 is 17.3 Å². The molecule has 0 amide bonds. The molecule has 1 aromatic rings. The highest BCUT2D eigenvalue weighted by Crippen LogP contribution is 2.07. The van der Waals surface area contributed by atoms with Gasteiger partial charge in [0.1, 0.15) is 0 Å². The van der Waals surface area contributed by atoms with Crippen molar-refractivity contribution in [3.05, 3.63) is 16.6 Å². The molecular weight excluding hydrogens is 162 g/mol. The third kappa shape index (κ3) is 3.13. The van der Waals surface area contributed by atoms with Crippen LogP contribution in [-0.2, 0) is 11.2 Å². The molecule has 11 heavy (non-hydrogen) atoms. The Hall–Kier alpha value is -0.900. The van der Waals surface area contributed by atoms with Crippen molar-refractivity contribution < 1.29 is 9.90 Å². The second kappa shape index (κ2) is 4.08. The number of aryl methyl sites for hydroxylation is 1. The molecule has 1 N–H and O–H groups in total. The Morgan fingerprint density at radius 1 is 1.73 bits per heavy atom. The minimum atomic E-state index is -0.735. The number of hydrogen-bond acceptors (Lipinski definition) is 3. The Balaban J connectivity index is 2.19. The maximum atomic E-state index is 10.1. The fourth-order valence-corrected chi connectivity index (χ4v) is 1.43. The van der Waals surface area contributed by atoms with Crippen LogP contribution in [0.5, 0.6) is 0 Å². The standard InChI is InChI=1S/C7H9NO2S/c9-7(10)3-1-2-6-8-4-5-11-6/h4-5H,1-3H2,(H,9,10). The average Bonchev–Trinajstić information content (AvgIpc) is 2.39. The lowest BCUT2D eigenvalue weighted by molar-refractivity contribution is -0.137. The summed E-state index contributed by atoms with van der Waals surface area (Å²) in [6.45, 7) is 0. The van der Waals surface area contributed by atoms with E-state index in [0.29, 0.717) is 6.42 Å². The van der Waals surface area contributed by atoms with Gasteiger partial charge in [0.25, 0.3) is 0 Å². The first kappa shape index (κ1) is 8.20. The normalized spacial score (nSPS) is 9.82. The number of nitrogens with zero attached hydrogens (tertiary/aromatic N) is 1. The molecule has 0 fully saturated rings. The molecule has 0 saturated heterocycles. The van der Waals surface area contributed by atoms with Gasteiger partial charge in [-0.2, -0.15) is 0 Å². The molecular formula is C7H9NO2S. The monoisotopic (exact) mass is 171 g/mol. The van der Waals surface area contributed by atoms with Gasteiger partial charge in [-0.25, -0.2) is 4.98 Å². The van der Waals surface area contributed by atoms with Crippen LogP contribution in [0.2, 0.25) is 0 Å². The maximum absolute atomic E-state index is 10.1. The van der Waals surface area contributed by atoms with E-state index in [1.807, 2.05) is 5.38 Å². The van der Waals surface area contributed by atoms with Crippen LogP contribution in [0.3, 0.4) is 0 Å². The first-order valence-electron chi connectivity index (χ1n) is 3.39. The van der Waals surface area contributed by atoms with E-state index in [-0.39, 0.29) is 6.42 Å². The minimum Gasteiger partial charge on any atom is -0.481 e. The topological polar surface area (TPSA) is 50.2 Å². The van der Waals surface area contributed by atoms with Gasteiger partial charge >= 0.3 is 5.97 Å². The number of hydrogen-bond donors (Lipinski definition) is 1. The van der Waals surface area contributed by atoms with Crippen molar-refractivity contribution in [2.24, 2.45) is 0 Å². The Bertz CT molecular complexity index is 220. The van der Waals surface area contributed by atoms with Gasteiger partial charge < -0.3 is 5.11 Å². The van der Waals surface area contributed by atoms with E-state index < -0.39 is 5.97 Å². The van der Waals surface area contributed by atoms with E-state index in [1.165, 1.54) is 0 Å². The highest BCUT2D eigenvalue weighted by Gasteiger charge is 1.98. The van der Waals surface area contributed by atoms with E-state index in [1.54, 1.807) is 17.5 Å². The molecule has 1 rings (SSSR count). The van der Waals surface area contributed by atoms with Crippen molar-refractivity contribution in [1.29, 1.82) is 0 Å². The largest absolute Gasteiger partial charge is 0.481 e. The number of aliphatic carboxylic acids is 1. The molecule has 1 aromatic heterocycles. The summed E-state index contributed by atoms with van der Waals surface area (Å²) in [6.07, 6.45) is 3.44. The lowest BCUT2D eigenvalue weighted by Crippen LogP contribution is -1.95. The molecule has 4 heteroatoms. The number of aromatic nitrogens is 1. The van der Waals surface area contributed by atoms with E-state index in [9.17, 15) is 4.79 Å². The smallest absolute Gasteiger partial charge is 0.303 e. The van der Waals surface area contributed by atoms with Crippen LogP contribution in [-0.4, -0.2) is 16.1 Å². The summed E-state index contributed by atoms with van der Waals surface area (Å²) in [4.78, 5) is 14.1. The molecule has 1 heterocycles. The number of thiazole rings is 1.